The molecular weight excluding hydrogens is 192 g/mol. The summed E-state index contributed by atoms with van der Waals surface area (Å²) in [6.45, 7) is 4.92. The molecule has 15 heavy (non-hydrogen) atoms. The molecule has 0 aromatic heterocycles. The van der Waals surface area contributed by atoms with Crippen LogP contribution in [0.3, 0.4) is 0 Å². The zero-order valence-electron chi connectivity index (χ0n) is 9.93. The molecule has 0 fully saturated rings. The third-order valence-corrected chi connectivity index (χ3v) is 2.88. The summed E-state index contributed by atoms with van der Waals surface area (Å²) >= 11 is 0. The van der Waals surface area contributed by atoms with Gasteiger partial charge in [-0.25, -0.2) is 4.79 Å². The van der Waals surface area contributed by atoms with Crippen molar-refractivity contribution in [3.63, 3.8) is 0 Å². The van der Waals surface area contributed by atoms with Gasteiger partial charge in [-0.1, -0.05) is 20.3 Å². The van der Waals surface area contributed by atoms with Crippen LogP contribution in [0.4, 0.5) is 0 Å². The highest BCUT2D eigenvalue weighted by atomic mass is 16.5. The van der Waals surface area contributed by atoms with E-state index in [0.29, 0.717) is 5.92 Å². The topological polar surface area (TPSA) is 32.8 Å². The van der Waals surface area contributed by atoms with E-state index in [2.05, 4.69) is 13.8 Å². The predicted octanol–water partition coefficient (Wildman–Crippen LogP) is 1.25. The Kier molecular flexibility index (Phi) is 4.00. The molecule has 0 N–H and O–H groups in total. The second-order valence-corrected chi connectivity index (χ2v) is 4.06. The van der Waals surface area contributed by atoms with Crippen LogP contribution in [0.15, 0.2) is 12.4 Å². The maximum atomic E-state index is 11.7. The van der Waals surface area contributed by atoms with Crippen LogP contribution in [-0.4, -0.2) is 42.6 Å². The van der Waals surface area contributed by atoms with E-state index in [1.165, 1.54) is 7.11 Å². The molecule has 0 aromatic rings. The van der Waals surface area contributed by atoms with Gasteiger partial charge < -0.3 is 14.5 Å². The number of rotatable bonds is 4. The predicted molar refractivity (Wildman–Crippen MR) is 58.9 cm³/mol. The lowest BCUT2D eigenvalue weighted by atomic mass is 9.98. The van der Waals surface area contributed by atoms with E-state index in [9.17, 15) is 4.79 Å². The lowest BCUT2D eigenvalue weighted by molar-refractivity contribution is -0.148. The fourth-order valence-corrected chi connectivity index (χ4v) is 1.77. The lowest BCUT2D eigenvalue weighted by Gasteiger charge is -2.30. The first kappa shape index (κ1) is 11.9. The number of hydrogen-bond donors (Lipinski definition) is 0. The van der Waals surface area contributed by atoms with E-state index >= 15 is 0 Å². The number of carbonyl (C=O) groups is 1. The van der Waals surface area contributed by atoms with Crippen molar-refractivity contribution in [2.45, 2.75) is 26.3 Å². The van der Waals surface area contributed by atoms with Crippen LogP contribution < -0.4 is 0 Å². The van der Waals surface area contributed by atoms with Crippen LogP contribution in [0.2, 0.25) is 0 Å². The SMILES string of the molecule is CCC(C)C(C(=O)OC)N1C=CN(C)C1. The van der Waals surface area contributed by atoms with Crippen LogP contribution in [0, 0.1) is 5.92 Å². The van der Waals surface area contributed by atoms with E-state index in [4.69, 9.17) is 4.74 Å². The van der Waals surface area contributed by atoms with Crippen molar-refractivity contribution in [3.8, 4) is 0 Å². The van der Waals surface area contributed by atoms with Gasteiger partial charge in [0.15, 0.2) is 0 Å². The molecule has 0 saturated heterocycles. The summed E-state index contributed by atoms with van der Waals surface area (Å²) in [6, 6.07) is -0.166. The zero-order chi connectivity index (χ0) is 11.4. The van der Waals surface area contributed by atoms with Gasteiger partial charge >= 0.3 is 5.97 Å². The summed E-state index contributed by atoms with van der Waals surface area (Å²) in [6.07, 6.45) is 4.89. The van der Waals surface area contributed by atoms with E-state index in [1.54, 1.807) is 0 Å². The van der Waals surface area contributed by atoms with E-state index in [-0.39, 0.29) is 12.0 Å². The summed E-state index contributed by atoms with van der Waals surface area (Å²) in [4.78, 5) is 15.8. The third-order valence-electron chi connectivity index (χ3n) is 2.88. The molecule has 2 unspecified atom stereocenters. The highest BCUT2D eigenvalue weighted by Gasteiger charge is 2.31. The van der Waals surface area contributed by atoms with Crippen molar-refractivity contribution < 1.29 is 9.53 Å². The molecule has 0 amide bonds. The van der Waals surface area contributed by atoms with Crippen LogP contribution in [0.1, 0.15) is 20.3 Å². The molecule has 2 atom stereocenters. The van der Waals surface area contributed by atoms with Gasteiger partial charge in [0.1, 0.15) is 6.04 Å². The monoisotopic (exact) mass is 212 g/mol. The Morgan fingerprint density at radius 1 is 1.53 bits per heavy atom. The van der Waals surface area contributed by atoms with Crippen molar-refractivity contribution >= 4 is 5.97 Å². The summed E-state index contributed by atoms with van der Waals surface area (Å²) in [5, 5.41) is 0. The van der Waals surface area contributed by atoms with E-state index in [1.807, 2.05) is 29.2 Å². The third kappa shape index (κ3) is 2.64. The number of carbonyl (C=O) groups excluding carboxylic acids is 1. The Bertz CT molecular complexity index is 253. The summed E-state index contributed by atoms with van der Waals surface area (Å²) < 4.78 is 4.85. The Morgan fingerprint density at radius 2 is 2.20 bits per heavy atom. The van der Waals surface area contributed by atoms with Crippen LogP contribution in [0.25, 0.3) is 0 Å². The smallest absolute Gasteiger partial charge is 0.328 e. The van der Waals surface area contributed by atoms with Gasteiger partial charge in [-0.2, -0.15) is 0 Å². The first-order valence-corrected chi connectivity index (χ1v) is 5.32. The number of hydrogen-bond acceptors (Lipinski definition) is 4. The minimum atomic E-state index is -0.166. The summed E-state index contributed by atoms with van der Waals surface area (Å²) in [7, 11) is 3.43. The Balaban J connectivity index is 2.73. The highest BCUT2D eigenvalue weighted by molar-refractivity contribution is 5.76. The highest BCUT2D eigenvalue weighted by Crippen LogP contribution is 2.19. The average molecular weight is 212 g/mol. The number of esters is 1. The van der Waals surface area contributed by atoms with Gasteiger partial charge in [-0.05, 0) is 5.92 Å². The molecule has 0 saturated carbocycles. The first-order valence-electron chi connectivity index (χ1n) is 5.32. The second-order valence-electron chi connectivity index (χ2n) is 4.06. The molecule has 86 valence electrons. The van der Waals surface area contributed by atoms with Crippen molar-refractivity contribution in [2.24, 2.45) is 5.92 Å². The quantitative estimate of drug-likeness (QED) is 0.657. The Morgan fingerprint density at radius 3 is 2.60 bits per heavy atom. The molecule has 4 nitrogen and oxygen atoms in total. The Labute approximate surface area is 91.5 Å². The minimum absolute atomic E-state index is 0.149. The van der Waals surface area contributed by atoms with Crippen molar-refractivity contribution in [2.75, 3.05) is 20.8 Å². The van der Waals surface area contributed by atoms with Gasteiger partial charge in [0, 0.05) is 19.4 Å². The molecule has 0 aromatic carbocycles. The van der Waals surface area contributed by atoms with Crippen LogP contribution >= 0.6 is 0 Å². The first-order chi connectivity index (χ1) is 7.10. The van der Waals surface area contributed by atoms with Crippen molar-refractivity contribution in [1.82, 2.24) is 9.80 Å². The van der Waals surface area contributed by atoms with Crippen molar-refractivity contribution in [3.05, 3.63) is 12.4 Å². The normalized spacial score (nSPS) is 19.2. The second kappa shape index (κ2) is 5.05. The zero-order valence-corrected chi connectivity index (χ0v) is 9.93. The van der Waals surface area contributed by atoms with Crippen LogP contribution in [-0.2, 0) is 9.53 Å². The average Bonchev–Trinajstić information content (AvgIpc) is 2.64. The fourth-order valence-electron chi connectivity index (χ4n) is 1.77. The molecule has 0 spiro atoms. The molecule has 1 heterocycles. The lowest BCUT2D eigenvalue weighted by Crippen LogP contribution is -2.43. The maximum Gasteiger partial charge on any atom is 0.328 e. The van der Waals surface area contributed by atoms with Gasteiger partial charge in [-0.15, -0.1) is 0 Å². The summed E-state index contributed by atoms with van der Waals surface area (Å²) in [5.41, 5.74) is 0. The number of ether oxygens (including phenoxy) is 1. The van der Waals surface area contributed by atoms with E-state index < -0.39 is 0 Å². The largest absolute Gasteiger partial charge is 0.467 e. The molecule has 1 aliphatic heterocycles. The molecule has 0 radical (unpaired) electrons. The standard InChI is InChI=1S/C11H20N2O2/c1-5-9(2)10(11(14)15-4)13-7-6-12(3)8-13/h6-7,9-10H,5,8H2,1-4H3. The minimum Gasteiger partial charge on any atom is -0.467 e. The molecular formula is C11H20N2O2. The number of nitrogens with zero attached hydrogens (tertiary/aromatic N) is 2. The molecule has 0 bridgehead atoms. The van der Waals surface area contributed by atoms with E-state index in [0.717, 1.165) is 13.1 Å². The van der Waals surface area contributed by atoms with Gasteiger partial charge in [-0.3, -0.25) is 0 Å². The van der Waals surface area contributed by atoms with Crippen LogP contribution in [0.5, 0.6) is 0 Å². The Hall–Kier alpha value is -1.19. The fraction of sp³-hybridized carbons (Fsp3) is 0.727. The van der Waals surface area contributed by atoms with Gasteiger partial charge in [0.05, 0.1) is 13.8 Å². The van der Waals surface area contributed by atoms with Gasteiger partial charge in [0.2, 0.25) is 0 Å². The maximum absolute atomic E-state index is 11.7. The summed E-state index contributed by atoms with van der Waals surface area (Å²) in [5.74, 6) is 0.151. The number of methoxy groups -OCH3 is 1. The molecule has 0 aliphatic carbocycles. The molecule has 1 aliphatic rings. The molecule has 4 heteroatoms. The van der Waals surface area contributed by atoms with Crippen molar-refractivity contribution in [1.29, 1.82) is 0 Å². The molecule has 1 rings (SSSR count). The van der Waals surface area contributed by atoms with Gasteiger partial charge in [0.25, 0.3) is 0 Å².